The van der Waals surface area contributed by atoms with Crippen molar-refractivity contribution in [2.24, 2.45) is 16.8 Å². The van der Waals surface area contributed by atoms with E-state index in [2.05, 4.69) is 60.6 Å². The average molecular weight is 488 g/mol. The fraction of sp³-hybridized carbons (Fsp3) is 0.667. The molecule has 1 aromatic rings. The molecular weight excluding hydrogens is 451 g/mol. The second kappa shape index (κ2) is 13.2. The van der Waals surface area contributed by atoms with Crippen LogP contribution in [0.4, 0.5) is 5.69 Å². The summed E-state index contributed by atoms with van der Waals surface area (Å²) in [4.78, 5) is 7.11. The van der Waals surface area contributed by atoms with Crippen LogP contribution in [0.2, 0.25) is 0 Å². The molecule has 5 nitrogen and oxygen atoms in total. The molecule has 2 rings (SSSR count). The predicted octanol–water partition coefficient (Wildman–Crippen LogP) is 3.61. The molecule has 0 bridgehead atoms. The maximum Gasteiger partial charge on any atom is 0.191 e. The van der Waals surface area contributed by atoms with Crippen LogP contribution in [0.5, 0.6) is 0 Å². The third-order valence-electron chi connectivity index (χ3n) is 4.95. The van der Waals surface area contributed by atoms with Crippen molar-refractivity contribution in [2.45, 2.75) is 46.6 Å². The molecule has 1 aromatic carbocycles. The number of nitrogens with one attached hydrogen (secondary N) is 2. The molecule has 0 amide bonds. The third kappa shape index (κ3) is 8.68. The Hall–Kier alpha value is -1.02. The van der Waals surface area contributed by atoms with E-state index in [1.807, 2.05) is 0 Å². The Morgan fingerprint density at radius 2 is 1.85 bits per heavy atom. The van der Waals surface area contributed by atoms with Crippen LogP contribution in [0.1, 0.15) is 45.6 Å². The summed E-state index contributed by atoms with van der Waals surface area (Å²) in [6, 6.07) is 8.75. The minimum Gasteiger partial charge on any atom is -0.396 e. The summed E-state index contributed by atoms with van der Waals surface area (Å²) in [5.41, 5.74) is 2.50. The van der Waals surface area contributed by atoms with Crippen LogP contribution in [-0.2, 0) is 6.54 Å². The SMILES string of the molecule is CCNC(=NCc1ccc(N2CCC(CO)CC2)cc1)NCCC(C)C.I. The standard InChI is InChI=1S/C21H36N4O.HI/c1-4-22-21(23-12-9-17(2)3)24-15-18-5-7-20(8-6-18)25-13-10-19(16-26)11-14-25;/h5-8,17,19,26H,4,9-16H2,1-3H3,(H2,22,23,24);1H. The van der Waals surface area contributed by atoms with Crippen molar-refractivity contribution in [3.8, 4) is 0 Å². The van der Waals surface area contributed by atoms with Gasteiger partial charge in [0.15, 0.2) is 5.96 Å². The van der Waals surface area contributed by atoms with Gasteiger partial charge in [-0.1, -0.05) is 26.0 Å². The number of aliphatic imine (C=N–C) groups is 1. The van der Waals surface area contributed by atoms with Crippen LogP contribution in [0.3, 0.4) is 0 Å². The number of nitrogens with zero attached hydrogens (tertiary/aromatic N) is 2. The molecule has 1 saturated heterocycles. The first-order valence-corrected chi connectivity index (χ1v) is 10.1. The lowest BCUT2D eigenvalue weighted by Gasteiger charge is -2.32. The van der Waals surface area contributed by atoms with Gasteiger partial charge in [0.05, 0.1) is 6.54 Å². The van der Waals surface area contributed by atoms with E-state index in [-0.39, 0.29) is 24.0 Å². The summed E-state index contributed by atoms with van der Waals surface area (Å²) < 4.78 is 0. The molecule has 0 radical (unpaired) electrons. The third-order valence-corrected chi connectivity index (χ3v) is 4.95. The second-order valence-electron chi connectivity index (χ2n) is 7.58. The van der Waals surface area contributed by atoms with Crippen LogP contribution >= 0.6 is 24.0 Å². The molecule has 154 valence electrons. The zero-order valence-corrected chi connectivity index (χ0v) is 19.4. The van der Waals surface area contributed by atoms with Gasteiger partial charge in [0.2, 0.25) is 0 Å². The zero-order valence-electron chi connectivity index (χ0n) is 17.1. The van der Waals surface area contributed by atoms with Crippen molar-refractivity contribution >= 4 is 35.6 Å². The molecule has 1 fully saturated rings. The molecule has 0 atom stereocenters. The molecule has 6 heteroatoms. The molecule has 1 aliphatic rings. The van der Waals surface area contributed by atoms with E-state index in [0.717, 1.165) is 51.4 Å². The fourth-order valence-corrected chi connectivity index (χ4v) is 3.18. The molecule has 0 spiro atoms. The largest absolute Gasteiger partial charge is 0.396 e. The molecular formula is C21H37IN4O. The van der Waals surface area contributed by atoms with Gasteiger partial charge in [-0.2, -0.15) is 0 Å². The van der Waals surface area contributed by atoms with Gasteiger partial charge in [0, 0.05) is 38.5 Å². The Kier molecular flexibility index (Phi) is 11.7. The highest BCUT2D eigenvalue weighted by Gasteiger charge is 2.18. The van der Waals surface area contributed by atoms with Crippen LogP contribution in [0, 0.1) is 11.8 Å². The van der Waals surface area contributed by atoms with Crippen molar-refractivity contribution in [3.05, 3.63) is 29.8 Å². The highest BCUT2D eigenvalue weighted by Crippen LogP contribution is 2.23. The number of aliphatic hydroxyl groups excluding tert-OH is 1. The number of hydrogen-bond donors (Lipinski definition) is 3. The van der Waals surface area contributed by atoms with Gasteiger partial charge in [-0.3, -0.25) is 0 Å². The average Bonchev–Trinajstić information content (AvgIpc) is 2.66. The Morgan fingerprint density at radius 1 is 1.19 bits per heavy atom. The number of aliphatic hydroxyl groups is 1. The lowest BCUT2D eigenvalue weighted by atomic mass is 9.97. The maximum absolute atomic E-state index is 9.27. The van der Waals surface area contributed by atoms with Crippen molar-refractivity contribution in [1.29, 1.82) is 0 Å². The molecule has 1 heterocycles. The van der Waals surface area contributed by atoms with E-state index >= 15 is 0 Å². The molecule has 0 saturated carbocycles. The summed E-state index contributed by atoms with van der Waals surface area (Å²) in [6.07, 6.45) is 3.30. The summed E-state index contributed by atoms with van der Waals surface area (Å²) >= 11 is 0. The minimum atomic E-state index is 0. The molecule has 27 heavy (non-hydrogen) atoms. The van der Waals surface area contributed by atoms with Crippen molar-refractivity contribution < 1.29 is 5.11 Å². The summed E-state index contributed by atoms with van der Waals surface area (Å²) in [6.45, 7) is 11.5. The first-order chi connectivity index (χ1) is 12.6. The number of piperidine rings is 1. The van der Waals surface area contributed by atoms with Gasteiger partial charge in [-0.25, -0.2) is 4.99 Å². The number of anilines is 1. The quantitative estimate of drug-likeness (QED) is 0.297. The summed E-state index contributed by atoms with van der Waals surface area (Å²) in [7, 11) is 0. The smallest absolute Gasteiger partial charge is 0.191 e. The van der Waals surface area contributed by atoms with E-state index in [9.17, 15) is 5.11 Å². The van der Waals surface area contributed by atoms with Crippen molar-refractivity contribution in [3.63, 3.8) is 0 Å². The van der Waals surface area contributed by atoms with Crippen LogP contribution in [0.15, 0.2) is 29.3 Å². The van der Waals surface area contributed by atoms with Gasteiger partial charge in [-0.15, -0.1) is 24.0 Å². The Bertz CT molecular complexity index is 540. The van der Waals surface area contributed by atoms with Gasteiger partial charge in [0.25, 0.3) is 0 Å². The van der Waals surface area contributed by atoms with Crippen molar-refractivity contribution in [1.82, 2.24) is 10.6 Å². The molecule has 1 aliphatic heterocycles. The number of halogens is 1. The van der Waals surface area contributed by atoms with E-state index in [1.165, 1.54) is 11.3 Å². The Balaban J connectivity index is 0.00000364. The predicted molar refractivity (Wildman–Crippen MR) is 126 cm³/mol. The fourth-order valence-electron chi connectivity index (χ4n) is 3.18. The lowest BCUT2D eigenvalue weighted by Crippen LogP contribution is -2.38. The van der Waals surface area contributed by atoms with E-state index in [0.29, 0.717) is 25.0 Å². The molecule has 3 N–H and O–H groups in total. The van der Waals surface area contributed by atoms with Crippen LogP contribution in [-0.4, -0.2) is 43.9 Å². The normalized spacial score (nSPS) is 15.6. The van der Waals surface area contributed by atoms with Gasteiger partial charge < -0.3 is 20.6 Å². The number of guanidine groups is 1. The first-order valence-electron chi connectivity index (χ1n) is 10.1. The van der Waals surface area contributed by atoms with E-state index in [1.54, 1.807) is 0 Å². The van der Waals surface area contributed by atoms with Crippen LogP contribution < -0.4 is 15.5 Å². The topological polar surface area (TPSA) is 59.9 Å². The van der Waals surface area contributed by atoms with Gasteiger partial charge in [-0.05, 0) is 55.7 Å². The van der Waals surface area contributed by atoms with E-state index in [4.69, 9.17) is 4.99 Å². The Labute approximate surface area is 182 Å². The lowest BCUT2D eigenvalue weighted by molar-refractivity contribution is 0.203. The highest BCUT2D eigenvalue weighted by atomic mass is 127. The Morgan fingerprint density at radius 3 is 2.41 bits per heavy atom. The second-order valence-corrected chi connectivity index (χ2v) is 7.58. The molecule has 0 aromatic heterocycles. The summed E-state index contributed by atoms with van der Waals surface area (Å²) in [5.74, 6) is 2.07. The number of hydrogen-bond acceptors (Lipinski definition) is 3. The van der Waals surface area contributed by atoms with Crippen molar-refractivity contribution in [2.75, 3.05) is 37.7 Å². The summed E-state index contributed by atoms with van der Waals surface area (Å²) in [5, 5.41) is 16.0. The minimum absolute atomic E-state index is 0. The van der Waals surface area contributed by atoms with Gasteiger partial charge in [0.1, 0.15) is 0 Å². The van der Waals surface area contributed by atoms with E-state index < -0.39 is 0 Å². The monoisotopic (exact) mass is 488 g/mol. The highest BCUT2D eigenvalue weighted by molar-refractivity contribution is 14.0. The number of rotatable bonds is 8. The molecule has 0 unspecified atom stereocenters. The maximum atomic E-state index is 9.27. The zero-order chi connectivity index (χ0) is 18.8. The molecule has 0 aliphatic carbocycles. The van der Waals surface area contributed by atoms with Gasteiger partial charge >= 0.3 is 0 Å². The number of benzene rings is 1. The first kappa shape index (κ1) is 24.0. The van der Waals surface area contributed by atoms with Crippen LogP contribution in [0.25, 0.3) is 0 Å².